The quantitative estimate of drug-likeness (QED) is 0.835. The zero-order valence-corrected chi connectivity index (χ0v) is 10.7. The van der Waals surface area contributed by atoms with Crippen LogP contribution in [0.25, 0.3) is 0 Å². The lowest BCUT2D eigenvalue weighted by atomic mass is 9.81. The SMILES string of the molecule is NC1C2CC1N(Cc1ncc(I)s1)C2. The summed E-state index contributed by atoms with van der Waals surface area (Å²) in [6.45, 7) is 2.19. The van der Waals surface area contributed by atoms with Crippen molar-refractivity contribution in [2.24, 2.45) is 11.7 Å². The van der Waals surface area contributed by atoms with Gasteiger partial charge >= 0.3 is 0 Å². The van der Waals surface area contributed by atoms with E-state index in [1.165, 1.54) is 20.9 Å². The predicted octanol–water partition coefficient (Wildman–Crippen LogP) is 1.28. The van der Waals surface area contributed by atoms with E-state index in [-0.39, 0.29) is 0 Å². The fourth-order valence-corrected chi connectivity index (χ4v) is 4.05. The van der Waals surface area contributed by atoms with Crippen LogP contribution in [0, 0.1) is 8.80 Å². The van der Waals surface area contributed by atoms with E-state index in [9.17, 15) is 0 Å². The molecule has 1 aromatic heterocycles. The highest BCUT2D eigenvalue weighted by atomic mass is 127. The first kappa shape index (κ1) is 9.50. The molecule has 2 saturated heterocycles. The molecule has 2 aliphatic heterocycles. The zero-order valence-electron chi connectivity index (χ0n) is 7.69. The lowest BCUT2D eigenvalue weighted by Crippen LogP contribution is -2.49. The van der Waals surface area contributed by atoms with Gasteiger partial charge in [0.05, 0.1) is 15.6 Å². The molecule has 76 valence electrons. The Bertz CT molecular complexity index is 354. The number of hydrogen-bond acceptors (Lipinski definition) is 4. The molecule has 1 aromatic rings. The molecule has 1 saturated carbocycles. The highest BCUT2D eigenvalue weighted by molar-refractivity contribution is 14.1. The van der Waals surface area contributed by atoms with Gasteiger partial charge in [0.25, 0.3) is 0 Å². The highest BCUT2D eigenvalue weighted by Crippen LogP contribution is 2.40. The largest absolute Gasteiger partial charge is 0.326 e. The molecule has 0 amide bonds. The van der Waals surface area contributed by atoms with Crippen LogP contribution < -0.4 is 5.73 Å². The van der Waals surface area contributed by atoms with Crippen LogP contribution in [0.5, 0.6) is 0 Å². The number of nitrogens with zero attached hydrogens (tertiary/aromatic N) is 2. The third-order valence-electron chi connectivity index (χ3n) is 3.33. The molecule has 0 aromatic carbocycles. The molecule has 14 heavy (non-hydrogen) atoms. The van der Waals surface area contributed by atoms with E-state index in [0.29, 0.717) is 12.1 Å². The van der Waals surface area contributed by atoms with E-state index in [1.54, 1.807) is 11.3 Å². The number of thiazole rings is 1. The van der Waals surface area contributed by atoms with Gasteiger partial charge in [0.2, 0.25) is 0 Å². The van der Waals surface area contributed by atoms with Crippen LogP contribution in [0.1, 0.15) is 11.4 Å². The average molecular weight is 321 g/mol. The maximum atomic E-state index is 6.02. The molecule has 0 spiro atoms. The minimum atomic E-state index is 0.439. The van der Waals surface area contributed by atoms with Crippen molar-refractivity contribution in [3.05, 3.63) is 14.1 Å². The van der Waals surface area contributed by atoms with Crippen LogP contribution in [0.4, 0.5) is 0 Å². The predicted molar refractivity (Wildman–Crippen MR) is 65.1 cm³/mol. The van der Waals surface area contributed by atoms with Gasteiger partial charge < -0.3 is 5.73 Å². The summed E-state index contributed by atoms with van der Waals surface area (Å²) in [6, 6.07) is 1.08. The summed E-state index contributed by atoms with van der Waals surface area (Å²) in [5, 5.41) is 1.23. The average Bonchev–Trinajstić information content (AvgIpc) is 2.79. The Morgan fingerprint density at radius 1 is 1.71 bits per heavy atom. The fraction of sp³-hybridized carbons (Fsp3) is 0.667. The zero-order chi connectivity index (χ0) is 9.71. The van der Waals surface area contributed by atoms with Crippen molar-refractivity contribution in [3.63, 3.8) is 0 Å². The first-order valence-electron chi connectivity index (χ1n) is 4.84. The van der Waals surface area contributed by atoms with Crippen molar-refractivity contribution < 1.29 is 0 Å². The summed E-state index contributed by atoms with van der Waals surface area (Å²) < 4.78 is 1.27. The maximum absolute atomic E-state index is 6.02. The second-order valence-corrected chi connectivity index (χ2v) is 7.14. The lowest BCUT2D eigenvalue weighted by molar-refractivity contribution is 0.208. The van der Waals surface area contributed by atoms with Gasteiger partial charge in [0.15, 0.2) is 0 Å². The minimum absolute atomic E-state index is 0.439. The van der Waals surface area contributed by atoms with Crippen molar-refractivity contribution in [1.29, 1.82) is 0 Å². The van der Waals surface area contributed by atoms with Gasteiger partial charge in [0, 0.05) is 18.6 Å². The van der Waals surface area contributed by atoms with Crippen molar-refractivity contribution in [2.45, 2.75) is 25.0 Å². The monoisotopic (exact) mass is 321 g/mol. The molecular weight excluding hydrogens is 309 g/mol. The molecule has 1 aliphatic carbocycles. The summed E-state index contributed by atoms with van der Waals surface area (Å²) in [6.07, 6.45) is 3.25. The van der Waals surface area contributed by atoms with Crippen molar-refractivity contribution >= 4 is 33.9 Å². The maximum Gasteiger partial charge on any atom is 0.108 e. The fourth-order valence-electron chi connectivity index (χ4n) is 2.48. The third kappa shape index (κ3) is 1.41. The standard InChI is InChI=1S/C9H12IN3S/c10-7-2-12-8(14-7)4-13-3-5-1-6(13)9(5)11/h2,5-6,9H,1,3-4,11H2. The van der Waals surface area contributed by atoms with E-state index >= 15 is 0 Å². The molecule has 3 heterocycles. The summed E-state index contributed by atoms with van der Waals surface area (Å²) in [5.74, 6) is 0.763. The van der Waals surface area contributed by atoms with Gasteiger partial charge in [-0.15, -0.1) is 11.3 Å². The normalized spacial score (nSPS) is 36.0. The molecule has 3 atom stereocenters. The topological polar surface area (TPSA) is 42.1 Å². The Labute approximate surface area is 101 Å². The Balaban J connectivity index is 1.69. The smallest absolute Gasteiger partial charge is 0.108 e. The van der Waals surface area contributed by atoms with E-state index < -0.39 is 0 Å². The third-order valence-corrected chi connectivity index (χ3v) is 5.04. The molecule has 3 unspecified atom stereocenters. The molecular formula is C9H12IN3S. The minimum Gasteiger partial charge on any atom is -0.326 e. The molecule has 0 radical (unpaired) electrons. The van der Waals surface area contributed by atoms with Crippen LogP contribution >= 0.6 is 33.9 Å². The summed E-state index contributed by atoms with van der Waals surface area (Å²) >= 11 is 4.11. The number of fused-ring (bicyclic) bond motifs is 1. The Morgan fingerprint density at radius 2 is 2.57 bits per heavy atom. The number of nitrogens with two attached hydrogens (primary N) is 1. The van der Waals surface area contributed by atoms with Gasteiger partial charge in [-0.2, -0.15) is 0 Å². The highest BCUT2D eigenvalue weighted by Gasteiger charge is 2.49. The Morgan fingerprint density at radius 3 is 3.07 bits per heavy atom. The molecule has 2 bridgehead atoms. The van der Waals surface area contributed by atoms with Crippen LogP contribution in [0.15, 0.2) is 6.20 Å². The first-order chi connectivity index (χ1) is 6.74. The van der Waals surface area contributed by atoms with Crippen molar-refractivity contribution in [2.75, 3.05) is 6.54 Å². The van der Waals surface area contributed by atoms with Crippen molar-refractivity contribution in [1.82, 2.24) is 9.88 Å². The molecule has 4 rings (SSSR count). The van der Waals surface area contributed by atoms with E-state index in [1.807, 2.05) is 6.20 Å². The number of hydrogen-bond donors (Lipinski definition) is 1. The van der Waals surface area contributed by atoms with Gasteiger partial charge in [-0.05, 0) is 34.9 Å². The van der Waals surface area contributed by atoms with Crippen LogP contribution in [-0.2, 0) is 6.54 Å². The van der Waals surface area contributed by atoms with Crippen LogP contribution in [-0.4, -0.2) is 28.5 Å². The molecule has 3 fully saturated rings. The summed E-state index contributed by atoms with van der Waals surface area (Å²) in [7, 11) is 0. The Hall–Kier alpha value is 0.280. The first-order valence-corrected chi connectivity index (χ1v) is 6.73. The lowest BCUT2D eigenvalue weighted by Gasteiger charge is -2.33. The Kier molecular flexibility index (Phi) is 2.31. The van der Waals surface area contributed by atoms with Gasteiger partial charge in [-0.3, -0.25) is 4.90 Å². The van der Waals surface area contributed by atoms with Crippen molar-refractivity contribution in [3.8, 4) is 0 Å². The van der Waals surface area contributed by atoms with Gasteiger partial charge in [-0.1, -0.05) is 0 Å². The number of aromatic nitrogens is 1. The van der Waals surface area contributed by atoms with Gasteiger partial charge in [-0.25, -0.2) is 4.98 Å². The molecule has 5 heteroatoms. The summed E-state index contributed by atoms with van der Waals surface area (Å²) in [5.41, 5.74) is 6.02. The second kappa shape index (κ2) is 3.40. The second-order valence-electron chi connectivity index (χ2n) is 4.13. The van der Waals surface area contributed by atoms with E-state index in [4.69, 9.17) is 5.73 Å². The van der Waals surface area contributed by atoms with Crippen LogP contribution in [0.3, 0.4) is 0 Å². The van der Waals surface area contributed by atoms with Gasteiger partial charge in [0.1, 0.15) is 5.01 Å². The molecule has 3 nitrogen and oxygen atoms in total. The molecule has 2 N–H and O–H groups in total. The van der Waals surface area contributed by atoms with Crippen LogP contribution in [0.2, 0.25) is 0 Å². The number of halogens is 1. The van der Waals surface area contributed by atoms with E-state index in [0.717, 1.165) is 12.5 Å². The molecule has 3 aliphatic rings. The number of rotatable bonds is 2. The van der Waals surface area contributed by atoms with E-state index in [2.05, 4.69) is 32.5 Å². The summed E-state index contributed by atoms with van der Waals surface area (Å²) in [4.78, 5) is 6.88.